The summed E-state index contributed by atoms with van der Waals surface area (Å²) in [5.41, 5.74) is 2.15. The van der Waals surface area contributed by atoms with Crippen molar-refractivity contribution in [3.63, 3.8) is 0 Å². The topological polar surface area (TPSA) is 59.0 Å². The quantitative estimate of drug-likeness (QED) is 0.444. The first kappa shape index (κ1) is 19.2. The number of nitrogens with zero attached hydrogens (tertiary/aromatic N) is 3. The molecule has 0 aliphatic rings. The minimum absolute atomic E-state index is 0.561. The van der Waals surface area contributed by atoms with E-state index < -0.39 is 0 Å². The molecule has 0 bridgehead atoms. The average molecular weight is 362 g/mol. The van der Waals surface area contributed by atoms with Crippen LogP contribution >= 0.6 is 11.3 Å². The molecule has 25 heavy (non-hydrogen) atoms. The Labute approximate surface area is 153 Å². The minimum Gasteiger partial charge on any atom is -0.497 e. The zero-order valence-electron chi connectivity index (χ0n) is 15.3. The molecule has 0 spiro atoms. The lowest BCUT2D eigenvalue weighted by atomic mass is 10.2. The maximum Gasteiger partial charge on any atom is 0.193 e. The number of thiazole rings is 1. The van der Waals surface area contributed by atoms with Crippen molar-refractivity contribution >= 4 is 17.3 Å². The molecule has 0 fully saturated rings. The van der Waals surface area contributed by atoms with Gasteiger partial charge in [-0.05, 0) is 24.6 Å². The smallest absolute Gasteiger partial charge is 0.193 e. The maximum atomic E-state index is 5.71. The summed E-state index contributed by atoms with van der Waals surface area (Å²) in [5, 5.41) is 6.47. The van der Waals surface area contributed by atoms with Gasteiger partial charge in [-0.15, -0.1) is 11.3 Å². The monoisotopic (exact) mass is 362 g/mol. The van der Waals surface area contributed by atoms with Crippen LogP contribution in [0.5, 0.6) is 5.75 Å². The predicted molar refractivity (Wildman–Crippen MR) is 102 cm³/mol. The molecule has 1 aromatic heterocycles. The molecular formula is C18H26N4O2S. The van der Waals surface area contributed by atoms with Crippen molar-refractivity contribution in [3.05, 3.63) is 45.9 Å². The Morgan fingerprint density at radius 2 is 2.24 bits per heavy atom. The Hall–Kier alpha value is -2.12. The summed E-state index contributed by atoms with van der Waals surface area (Å²) in [7, 11) is 5.45. The van der Waals surface area contributed by atoms with E-state index in [1.54, 1.807) is 25.5 Å². The first-order valence-corrected chi connectivity index (χ1v) is 9.03. The summed E-state index contributed by atoms with van der Waals surface area (Å²) in [6, 6.07) is 7.90. The molecule has 2 rings (SSSR count). The zero-order chi connectivity index (χ0) is 18.1. The normalized spacial score (nSPS) is 11.4. The lowest BCUT2D eigenvalue weighted by molar-refractivity contribution is 0.125. The fraction of sp³-hybridized carbons (Fsp3) is 0.444. The molecule has 0 saturated heterocycles. The van der Waals surface area contributed by atoms with Gasteiger partial charge in [0.25, 0.3) is 0 Å². The van der Waals surface area contributed by atoms with E-state index in [2.05, 4.69) is 25.6 Å². The highest BCUT2D eigenvalue weighted by Crippen LogP contribution is 2.13. The van der Waals surface area contributed by atoms with Crippen LogP contribution in [-0.4, -0.2) is 50.2 Å². The van der Waals surface area contributed by atoms with Crippen LogP contribution in [0, 0.1) is 6.92 Å². The van der Waals surface area contributed by atoms with Gasteiger partial charge in [0.05, 0.1) is 37.6 Å². The second kappa shape index (κ2) is 10.0. The van der Waals surface area contributed by atoms with Crippen molar-refractivity contribution in [3.8, 4) is 5.75 Å². The Balaban J connectivity index is 1.70. The van der Waals surface area contributed by atoms with Crippen molar-refractivity contribution in [2.45, 2.75) is 20.1 Å². The van der Waals surface area contributed by atoms with Crippen LogP contribution in [0.1, 0.15) is 16.3 Å². The Kier molecular flexibility index (Phi) is 7.69. The van der Waals surface area contributed by atoms with Gasteiger partial charge >= 0.3 is 0 Å². The number of aliphatic imine (C=N–C) groups is 1. The molecule has 7 heteroatoms. The second-order valence-corrected chi connectivity index (χ2v) is 6.65. The fourth-order valence-electron chi connectivity index (χ4n) is 2.37. The van der Waals surface area contributed by atoms with Crippen LogP contribution in [0.3, 0.4) is 0 Å². The van der Waals surface area contributed by atoms with Crippen LogP contribution in [-0.2, 0) is 17.9 Å². The maximum absolute atomic E-state index is 5.71. The fourth-order valence-corrected chi connectivity index (χ4v) is 2.97. The van der Waals surface area contributed by atoms with Gasteiger partial charge in [0.15, 0.2) is 5.96 Å². The number of aromatic nitrogens is 1. The van der Waals surface area contributed by atoms with Gasteiger partial charge in [-0.25, -0.2) is 4.98 Å². The van der Waals surface area contributed by atoms with Crippen LogP contribution in [0.4, 0.5) is 0 Å². The molecule has 0 radical (unpaired) electrons. The summed E-state index contributed by atoms with van der Waals surface area (Å²) in [5.74, 6) is 1.68. The number of rotatable bonds is 8. The molecule has 1 aromatic carbocycles. The molecule has 2 aromatic rings. The van der Waals surface area contributed by atoms with E-state index in [0.29, 0.717) is 19.8 Å². The van der Waals surface area contributed by atoms with Gasteiger partial charge in [0, 0.05) is 26.0 Å². The third-order valence-corrected chi connectivity index (χ3v) is 4.39. The van der Waals surface area contributed by atoms with E-state index in [1.165, 1.54) is 0 Å². The molecule has 0 aliphatic heterocycles. The van der Waals surface area contributed by atoms with Crippen molar-refractivity contribution in [1.29, 1.82) is 0 Å². The second-order valence-electron chi connectivity index (χ2n) is 5.59. The third kappa shape index (κ3) is 6.36. The predicted octanol–water partition coefficient (Wildman–Crippen LogP) is 2.68. The Morgan fingerprint density at radius 3 is 2.92 bits per heavy atom. The molecule has 1 N–H and O–H groups in total. The summed E-state index contributed by atoms with van der Waals surface area (Å²) in [6.07, 6.45) is 0. The molecule has 0 atom stereocenters. The summed E-state index contributed by atoms with van der Waals surface area (Å²) >= 11 is 1.66. The molecule has 1 heterocycles. The molecule has 0 saturated carbocycles. The third-order valence-electron chi connectivity index (χ3n) is 3.57. The van der Waals surface area contributed by atoms with E-state index in [-0.39, 0.29) is 0 Å². The summed E-state index contributed by atoms with van der Waals surface area (Å²) in [6.45, 7) is 4.60. The van der Waals surface area contributed by atoms with Crippen LogP contribution in [0.15, 0.2) is 34.6 Å². The highest BCUT2D eigenvalue weighted by atomic mass is 32.1. The van der Waals surface area contributed by atoms with Gasteiger partial charge in [0.2, 0.25) is 0 Å². The molecular weight excluding hydrogens is 336 g/mol. The van der Waals surface area contributed by atoms with Gasteiger partial charge in [-0.3, -0.25) is 4.99 Å². The zero-order valence-corrected chi connectivity index (χ0v) is 16.1. The van der Waals surface area contributed by atoms with Gasteiger partial charge in [-0.1, -0.05) is 12.1 Å². The number of methoxy groups -OCH3 is 1. The van der Waals surface area contributed by atoms with Crippen molar-refractivity contribution < 1.29 is 9.47 Å². The number of nitrogens with one attached hydrogen (secondary N) is 1. The lowest BCUT2D eigenvalue weighted by Crippen LogP contribution is -2.40. The van der Waals surface area contributed by atoms with E-state index in [1.807, 2.05) is 38.2 Å². The van der Waals surface area contributed by atoms with Crippen molar-refractivity contribution in [2.24, 2.45) is 4.99 Å². The minimum atomic E-state index is 0.561. The lowest BCUT2D eigenvalue weighted by Gasteiger charge is -2.21. The van der Waals surface area contributed by atoms with E-state index in [4.69, 9.17) is 9.47 Å². The number of hydrogen-bond donors (Lipinski definition) is 1. The van der Waals surface area contributed by atoms with Crippen LogP contribution in [0.2, 0.25) is 0 Å². The first-order chi connectivity index (χ1) is 12.1. The summed E-state index contributed by atoms with van der Waals surface area (Å²) < 4.78 is 10.9. The molecule has 136 valence electrons. The van der Waals surface area contributed by atoms with E-state index >= 15 is 0 Å². The standard InChI is InChI=1S/C18H26N4O2S/c1-14-21-16(13-25-14)11-22(3)18(19-2)20-8-9-24-12-15-6-5-7-17(10-15)23-4/h5-7,10,13H,8-9,11-12H2,1-4H3,(H,19,20). The van der Waals surface area contributed by atoms with E-state index in [0.717, 1.165) is 34.5 Å². The van der Waals surface area contributed by atoms with Crippen LogP contribution < -0.4 is 10.1 Å². The first-order valence-electron chi connectivity index (χ1n) is 8.16. The number of hydrogen-bond acceptors (Lipinski definition) is 5. The molecule has 0 aliphatic carbocycles. The number of ether oxygens (including phenoxy) is 2. The highest BCUT2D eigenvalue weighted by molar-refractivity contribution is 7.09. The SMILES string of the molecule is CN=C(NCCOCc1cccc(OC)c1)N(C)Cc1csc(C)n1. The van der Waals surface area contributed by atoms with Crippen molar-refractivity contribution in [2.75, 3.05) is 34.4 Å². The van der Waals surface area contributed by atoms with E-state index in [9.17, 15) is 0 Å². The average Bonchev–Trinajstić information content (AvgIpc) is 3.03. The van der Waals surface area contributed by atoms with Gasteiger partial charge < -0.3 is 19.7 Å². The van der Waals surface area contributed by atoms with Gasteiger partial charge in [0.1, 0.15) is 5.75 Å². The van der Waals surface area contributed by atoms with Gasteiger partial charge in [-0.2, -0.15) is 0 Å². The largest absolute Gasteiger partial charge is 0.497 e. The summed E-state index contributed by atoms with van der Waals surface area (Å²) in [4.78, 5) is 10.8. The van der Waals surface area contributed by atoms with Crippen LogP contribution in [0.25, 0.3) is 0 Å². The van der Waals surface area contributed by atoms with Crippen molar-refractivity contribution in [1.82, 2.24) is 15.2 Å². The Bertz CT molecular complexity index is 687. The molecule has 0 amide bonds. The number of benzene rings is 1. The number of aryl methyl sites for hydroxylation is 1. The molecule has 6 nitrogen and oxygen atoms in total. The Morgan fingerprint density at radius 1 is 1.40 bits per heavy atom. The molecule has 0 unspecified atom stereocenters. The number of guanidine groups is 1. The highest BCUT2D eigenvalue weighted by Gasteiger charge is 2.08.